The van der Waals surface area contributed by atoms with Crippen molar-refractivity contribution in [1.29, 1.82) is 0 Å². The number of aromatic nitrogens is 2. The summed E-state index contributed by atoms with van der Waals surface area (Å²) in [5.74, 6) is -0.104. The zero-order valence-corrected chi connectivity index (χ0v) is 18.7. The van der Waals surface area contributed by atoms with Crippen LogP contribution in [0.1, 0.15) is 36.2 Å². The van der Waals surface area contributed by atoms with Gasteiger partial charge in [0.2, 0.25) is 0 Å². The third-order valence-corrected chi connectivity index (χ3v) is 7.24. The van der Waals surface area contributed by atoms with E-state index in [0.29, 0.717) is 17.9 Å². The summed E-state index contributed by atoms with van der Waals surface area (Å²) in [6, 6.07) is 4.53. The van der Waals surface area contributed by atoms with Gasteiger partial charge in [0.1, 0.15) is 12.4 Å². The van der Waals surface area contributed by atoms with Crippen molar-refractivity contribution in [3.05, 3.63) is 36.4 Å². The van der Waals surface area contributed by atoms with Gasteiger partial charge < -0.3 is 14.5 Å². The number of fused-ring (bicyclic) bond motifs is 1. The minimum Gasteiger partial charge on any atom is -0.451 e. The lowest BCUT2D eigenvalue weighted by Crippen LogP contribution is -2.52. The van der Waals surface area contributed by atoms with Crippen LogP contribution in [0.15, 0.2) is 35.0 Å². The molecule has 5 rings (SSSR count). The fourth-order valence-electron chi connectivity index (χ4n) is 5.30. The summed E-state index contributed by atoms with van der Waals surface area (Å²) in [5, 5.41) is 9.95. The van der Waals surface area contributed by atoms with Crippen LogP contribution in [-0.2, 0) is 14.3 Å². The van der Waals surface area contributed by atoms with Crippen molar-refractivity contribution in [2.75, 3.05) is 19.7 Å². The highest BCUT2D eigenvalue weighted by Gasteiger charge is 2.53. The molecule has 0 aromatic carbocycles. The second kappa shape index (κ2) is 9.32. The first-order chi connectivity index (χ1) is 16.0. The van der Waals surface area contributed by atoms with E-state index in [1.165, 1.54) is 6.20 Å². The Morgan fingerprint density at radius 3 is 2.85 bits per heavy atom. The molecular formula is C23H25ClN4O5. The van der Waals surface area contributed by atoms with Gasteiger partial charge >= 0.3 is 0 Å². The van der Waals surface area contributed by atoms with E-state index in [2.05, 4.69) is 20.4 Å². The number of ketones is 2. The first kappa shape index (κ1) is 22.2. The van der Waals surface area contributed by atoms with Gasteiger partial charge in [0.05, 0.1) is 36.5 Å². The molecule has 0 radical (unpaired) electrons. The van der Waals surface area contributed by atoms with Crippen LogP contribution >= 0.6 is 11.6 Å². The van der Waals surface area contributed by atoms with Crippen LogP contribution in [0.5, 0.6) is 0 Å². The van der Waals surface area contributed by atoms with Crippen molar-refractivity contribution < 1.29 is 23.5 Å². The van der Waals surface area contributed by atoms with E-state index in [4.69, 9.17) is 20.8 Å². The number of rotatable bonds is 6. The molecule has 1 unspecified atom stereocenters. The van der Waals surface area contributed by atoms with Gasteiger partial charge in [0.25, 0.3) is 5.91 Å². The summed E-state index contributed by atoms with van der Waals surface area (Å²) < 4.78 is 11.2. The number of ether oxygens (including phenoxy) is 1. The lowest BCUT2D eigenvalue weighted by Gasteiger charge is -2.39. The zero-order chi connectivity index (χ0) is 22.9. The molecule has 0 spiro atoms. The smallest absolute Gasteiger partial charge is 0.287 e. The van der Waals surface area contributed by atoms with E-state index < -0.39 is 5.91 Å². The fraction of sp³-hybridized carbons (Fsp3) is 0.522. The van der Waals surface area contributed by atoms with Gasteiger partial charge in [-0.3, -0.25) is 19.3 Å². The molecule has 10 heteroatoms. The van der Waals surface area contributed by atoms with Crippen LogP contribution in [0.2, 0.25) is 0 Å². The second-order valence-electron chi connectivity index (χ2n) is 8.80. The first-order valence-corrected chi connectivity index (χ1v) is 11.7. The molecule has 3 fully saturated rings. The van der Waals surface area contributed by atoms with Crippen molar-refractivity contribution in [3.8, 4) is 11.3 Å². The highest BCUT2D eigenvalue weighted by atomic mass is 35.5. The van der Waals surface area contributed by atoms with Crippen molar-refractivity contribution in [2.45, 2.75) is 49.2 Å². The fourth-order valence-corrected chi connectivity index (χ4v) is 5.67. The number of nitrogens with one attached hydrogen (secondary N) is 1. The maximum atomic E-state index is 13.1. The van der Waals surface area contributed by atoms with Gasteiger partial charge in [0.15, 0.2) is 17.3 Å². The SMILES string of the molecule is O=C(NCC(=O)[C@H]1CCCCC1N1C[C@H](Cl)[C@H]2OCC(=O)[C@H]21)c1ccc(-c2ccnnc2)o1. The Labute approximate surface area is 195 Å². The average Bonchev–Trinajstić information content (AvgIpc) is 3.56. The molecule has 4 heterocycles. The normalized spacial score (nSPS) is 29.7. The highest BCUT2D eigenvalue weighted by Crippen LogP contribution is 2.38. The second-order valence-corrected chi connectivity index (χ2v) is 9.36. The number of halogens is 1. The molecule has 5 atom stereocenters. The van der Waals surface area contributed by atoms with E-state index in [1.54, 1.807) is 24.4 Å². The molecule has 2 aromatic heterocycles. The van der Waals surface area contributed by atoms with Gasteiger partial charge in [-0.1, -0.05) is 12.8 Å². The topological polar surface area (TPSA) is 115 Å². The predicted octanol–water partition coefficient (Wildman–Crippen LogP) is 1.85. The van der Waals surface area contributed by atoms with Crippen molar-refractivity contribution in [3.63, 3.8) is 0 Å². The van der Waals surface area contributed by atoms with E-state index in [9.17, 15) is 14.4 Å². The number of hydrogen-bond acceptors (Lipinski definition) is 8. The molecule has 174 valence electrons. The summed E-state index contributed by atoms with van der Waals surface area (Å²) >= 11 is 6.46. The molecule has 3 aliphatic rings. The molecule has 9 nitrogen and oxygen atoms in total. The highest BCUT2D eigenvalue weighted by molar-refractivity contribution is 6.22. The molecule has 1 N–H and O–H groups in total. The number of nitrogens with zero attached hydrogens (tertiary/aromatic N) is 3. The molecule has 33 heavy (non-hydrogen) atoms. The zero-order valence-electron chi connectivity index (χ0n) is 18.0. The summed E-state index contributed by atoms with van der Waals surface area (Å²) in [7, 11) is 0. The largest absolute Gasteiger partial charge is 0.451 e. The van der Waals surface area contributed by atoms with Crippen LogP contribution in [0.25, 0.3) is 11.3 Å². The van der Waals surface area contributed by atoms with E-state index in [0.717, 1.165) is 25.7 Å². The molecule has 2 aliphatic heterocycles. The van der Waals surface area contributed by atoms with Gasteiger partial charge in [-0.2, -0.15) is 10.2 Å². The van der Waals surface area contributed by atoms with E-state index >= 15 is 0 Å². The van der Waals surface area contributed by atoms with Crippen LogP contribution in [-0.4, -0.2) is 75.8 Å². The third kappa shape index (κ3) is 4.32. The van der Waals surface area contributed by atoms with Crippen molar-refractivity contribution in [2.24, 2.45) is 5.92 Å². The monoisotopic (exact) mass is 472 g/mol. The number of carbonyl (C=O) groups excluding carboxylic acids is 3. The average molecular weight is 473 g/mol. The number of likely N-dealkylation sites (tertiary alicyclic amines) is 1. The number of Topliss-reactive ketones (excluding diaryl/α,β-unsaturated/α-hetero) is 2. The van der Waals surface area contributed by atoms with Crippen LogP contribution < -0.4 is 5.32 Å². The van der Waals surface area contributed by atoms with Crippen LogP contribution in [0.3, 0.4) is 0 Å². The maximum Gasteiger partial charge on any atom is 0.287 e. The van der Waals surface area contributed by atoms with Gasteiger partial charge in [-0.15, -0.1) is 11.6 Å². The summed E-state index contributed by atoms with van der Waals surface area (Å²) in [4.78, 5) is 40.2. The van der Waals surface area contributed by atoms with Gasteiger partial charge in [-0.05, 0) is 31.0 Å². The predicted molar refractivity (Wildman–Crippen MR) is 118 cm³/mol. The Hall–Kier alpha value is -2.62. The Morgan fingerprint density at radius 2 is 2.03 bits per heavy atom. The Morgan fingerprint density at radius 1 is 1.18 bits per heavy atom. The number of hydrogen-bond donors (Lipinski definition) is 1. The van der Waals surface area contributed by atoms with E-state index in [1.807, 2.05) is 0 Å². The van der Waals surface area contributed by atoms with Gasteiger partial charge in [-0.25, -0.2) is 0 Å². The minimum absolute atomic E-state index is 0.0336. The lowest BCUT2D eigenvalue weighted by molar-refractivity contribution is -0.128. The molecular weight excluding hydrogens is 448 g/mol. The Balaban J connectivity index is 1.23. The summed E-state index contributed by atoms with van der Waals surface area (Å²) in [6.07, 6.45) is 6.27. The quantitative estimate of drug-likeness (QED) is 0.633. The summed E-state index contributed by atoms with van der Waals surface area (Å²) in [5.41, 5.74) is 0.706. The molecule has 2 saturated heterocycles. The van der Waals surface area contributed by atoms with Crippen molar-refractivity contribution in [1.82, 2.24) is 20.4 Å². The number of alkyl halides is 1. The van der Waals surface area contributed by atoms with Crippen LogP contribution in [0.4, 0.5) is 0 Å². The number of carbonyl (C=O) groups is 3. The number of furan rings is 1. The standard InChI is InChI=1S/C23H25ClN4O5/c24-15-11-28(21-18(30)12-32-22(15)21)16-4-2-1-3-14(16)17(29)10-25-23(31)20-6-5-19(33-20)13-7-8-26-27-9-13/h5-9,14-16,21-22H,1-4,10-12H2,(H,25,31)/t14-,15-,16?,21+,22+/m0/s1. The van der Waals surface area contributed by atoms with Gasteiger partial charge in [0, 0.05) is 24.1 Å². The number of amides is 1. The maximum absolute atomic E-state index is 13.1. The molecule has 1 saturated carbocycles. The minimum atomic E-state index is -0.453. The molecule has 0 bridgehead atoms. The lowest BCUT2D eigenvalue weighted by atomic mass is 9.80. The van der Waals surface area contributed by atoms with Crippen molar-refractivity contribution >= 4 is 29.1 Å². The molecule has 2 aromatic rings. The van der Waals surface area contributed by atoms with E-state index in [-0.39, 0.29) is 60.0 Å². The Bertz CT molecular complexity index is 1040. The molecule has 1 amide bonds. The first-order valence-electron chi connectivity index (χ1n) is 11.2. The van der Waals surface area contributed by atoms with Crippen LogP contribution in [0, 0.1) is 5.92 Å². The Kier molecular flexibility index (Phi) is 6.27. The summed E-state index contributed by atoms with van der Waals surface area (Å²) in [6.45, 7) is 0.517. The third-order valence-electron chi connectivity index (χ3n) is 6.85. The molecule has 1 aliphatic carbocycles.